The van der Waals surface area contributed by atoms with Crippen LogP contribution in [0.2, 0.25) is 0 Å². The van der Waals surface area contributed by atoms with Gasteiger partial charge in [-0.05, 0) is 56.8 Å². The van der Waals surface area contributed by atoms with Gasteiger partial charge < -0.3 is 14.4 Å². The normalized spacial score (nSPS) is 10.8. The van der Waals surface area contributed by atoms with Crippen LogP contribution < -0.4 is 14.4 Å². The number of hydrogen-bond acceptors (Lipinski definition) is 6. The average molecular weight is 464 g/mol. The van der Waals surface area contributed by atoms with Gasteiger partial charge in [0.1, 0.15) is 21.7 Å². The minimum Gasteiger partial charge on any atom is -0.495 e. The Hall–Kier alpha value is -2.35. The summed E-state index contributed by atoms with van der Waals surface area (Å²) >= 11 is 1.45. The number of likely N-dealkylation sites (N-methyl/N-ethyl adjacent to an activating group) is 1. The van der Waals surface area contributed by atoms with Crippen LogP contribution in [0.25, 0.3) is 10.2 Å². The van der Waals surface area contributed by atoms with Crippen LogP contribution in [0.5, 0.6) is 11.5 Å². The summed E-state index contributed by atoms with van der Waals surface area (Å²) in [6.45, 7) is 5.44. The van der Waals surface area contributed by atoms with Gasteiger partial charge in [0.15, 0.2) is 5.13 Å². The molecule has 1 aromatic heterocycles. The van der Waals surface area contributed by atoms with E-state index in [1.807, 2.05) is 32.3 Å². The maximum atomic E-state index is 13.3. The second kappa shape index (κ2) is 10.8. The molecule has 2 aromatic carbocycles. The van der Waals surface area contributed by atoms with Gasteiger partial charge in [0, 0.05) is 13.1 Å². The molecule has 0 saturated heterocycles. The Labute approximate surface area is 194 Å². The van der Waals surface area contributed by atoms with Gasteiger partial charge in [0.05, 0.1) is 20.6 Å². The number of carbonyl (C=O) groups is 1. The number of hydrogen-bond donors (Lipinski definition) is 0. The van der Waals surface area contributed by atoms with E-state index in [-0.39, 0.29) is 18.3 Å². The van der Waals surface area contributed by atoms with E-state index in [0.29, 0.717) is 29.4 Å². The molecule has 0 fully saturated rings. The molecule has 0 aliphatic heterocycles. The summed E-state index contributed by atoms with van der Waals surface area (Å²) in [5.41, 5.74) is 4.13. The third-order valence-corrected chi connectivity index (χ3v) is 6.22. The second-order valence-corrected chi connectivity index (χ2v) is 8.57. The lowest BCUT2D eigenvalue weighted by molar-refractivity contribution is -0.118. The third-order valence-electron chi connectivity index (χ3n) is 5.13. The molecule has 0 radical (unpaired) electrons. The molecule has 0 aliphatic rings. The van der Waals surface area contributed by atoms with E-state index in [1.165, 1.54) is 22.5 Å². The zero-order chi connectivity index (χ0) is 21.8. The lowest BCUT2D eigenvalue weighted by Crippen LogP contribution is -2.37. The van der Waals surface area contributed by atoms with Gasteiger partial charge in [0.25, 0.3) is 0 Å². The van der Waals surface area contributed by atoms with E-state index in [0.717, 1.165) is 22.6 Å². The lowest BCUT2D eigenvalue weighted by Gasteiger charge is -2.22. The van der Waals surface area contributed by atoms with Crippen LogP contribution in [0.15, 0.2) is 30.3 Å². The minimum absolute atomic E-state index is 0. The number of ether oxygens (including phenoxy) is 2. The molecule has 0 atom stereocenters. The molecule has 8 heteroatoms. The fourth-order valence-electron chi connectivity index (χ4n) is 3.20. The second-order valence-electron chi connectivity index (χ2n) is 7.59. The van der Waals surface area contributed by atoms with E-state index >= 15 is 0 Å². The molecule has 0 bridgehead atoms. The summed E-state index contributed by atoms with van der Waals surface area (Å²) in [7, 11) is 7.25. The van der Waals surface area contributed by atoms with E-state index < -0.39 is 0 Å². The highest BCUT2D eigenvalue weighted by Crippen LogP contribution is 2.40. The third kappa shape index (κ3) is 5.67. The van der Waals surface area contributed by atoms with Crippen molar-refractivity contribution in [2.24, 2.45) is 0 Å². The van der Waals surface area contributed by atoms with Gasteiger partial charge in [-0.2, -0.15) is 0 Å². The van der Waals surface area contributed by atoms with Crippen LogP contribution in [0.4, 0.5) is 5.13 Å². The number of halogens is 1. The van der Waals surface area contributed by atoms with Gasteiger partial charge in [-0.15, -0.1) is 12.4 Å². The molecule has 0 unspecified atom stereocenters. The summed E-state index contributed by atoms with van der Waals surface area (Å²) in [5.74, 6) is 1.42. The van der Waals surface area contributed by atoms with Gasteiger partial charge in [-0.25, -0.2) is 4.98 Å². The number of thiazole rings is 1. The number of amides is 1. The van der Waals surface area contributed by atoms with Crippen LogP contribution in [0.1, 0.15) is 16.7 Å². The van der Waals surface area contributed by atoms with Crippen LogP contribution in [0.3, 0.4) is 0 Å². The summed E-state index contributed by atoms with van der Waals surface area (Å²) in [4.78, 5) is 21.9. The first-order chi connectivity index (χ1) is 14.3. The van der Waals surface area contributed by atoms with E-state index in [4.69, 9.17) is 14.5 Å². The number of aryl methyl sites for hydroxylation is 2. The summed E-state index contributed by atoms with van der Waals surface area (Å²) in [6.07, 6.45) is 0.332. The highest BCUT2D eigenvalue weighted by Gasteiger charge is 2.23. The van der Waals surface area contributed by atoms with Crippen LogP contribution in [0, 0.1) is 13.8 Å². The number of carbonyl (C=O) groups excluding carboxylic acids is 1. The van der Waals surface area contributed by atoms with Gasteiger partial charge >= 0.3 is 0 Å². The Bertz CT molecular complexity index is 1010. The Morgan fingerprint density at radius 2 is 1.68 bits per heavy atom. The number of rotatable bonds is 8. The number of methoxy groups -OCH3 is 2. The minimum atomic E-state index is 0. The lowest BCUT2D eigenvalue weighted by atomic mass is 10.0. The molecular formula is C23H30ClN3O3S. The Morgan fingerprint density at radius 1 is 1.00 bits per heavy atom. The maximum absolute atomic E-state index is 13.3. The Morgan fingerprint density at radius 3 is 2.29 bits per heavy atom. The molecule has 31 heavy (non-hydrogen) atoms. The van der Waals surface area contributed by atoms with Gasteiger partial charge in [-0.3, -0.25) is 9.69 Å². The van der Waals surface area contributed by atoms with Crippen molar-refractivity contribution in [1.29, 1.82) is 0 Å². The van der Waals surface area contributed by atoms with Crippen molar-refractivity contribution >= 4 is 45.0 Å². The topological polar surface area (TPSA) is 54.9 Å². The first kappa shape index (κ1) is 24.9. The van der Waals surface area contributed by atoms with Crippen LogP contribution in [-0.2, 0) is 11.2 Å². The molecule has 1 amide bonds. The summed E-state index contributed by atoms with van der Waals surface area (Å²) < 4.78 is 11.9. The molecule has 0 N–H and O–H groups in total. The molecule has 6 nitrogen and oxygen atoms in total. The fraction of sp³-hybridized carbons (Fsp3) is 0.391. The summed E-state index contributed by atoms with van der Waals surface area (Å²) in [6, 6.07) is 9.88. The van der Waals surface area contributed by atoms with Crippen molar-refractivity contribution in [2.45, 2.75) is 20.3 Å². The van der Waals surface area contributed by atoms with Crippen molar-refractivity contribution in [2.75, 3.05) is 46.3 Å². The number of fused-ring (bicyclic) bond motifs is 1. The van der Waals surface area contributed by atoms with E-state index in [2.05, 4.69) is 30.9 Å². The predicted molar refractivity (Wildman–Crippen MR) is 130 cm³/mol. The van der Waals surface area contributed by atoms with Crippen LogP contribution in [-0.4, -0.2) is 57.2 Å². The molecule has 3 aromatic rings. The molecule has 3 rings (SSSR count). The molecular weight excluding hydrogens is 434 g/mol. The highest BCUT2D eigenvalue weighted by atomic mass is 35.5. The van der Waals surface area contributed by atoms with Gasteiger partial charge in [-0.1, -0.05) is 29.5 Å². The maximum Gasteiger partial charge on any atom is 0.233 e. The van der Waals surface area contributed by atoms with Crippen molar-refractivity contribution in [3.05, 3.63) is 47.0 Å². The van der Waals surface area contributed by atoms with Crippen molar-refractivity contribution in [3.63, 3.8) is 0 Å². The van der Waals surface area contributed by atoms with Crippen molar-refractivity contribution in [3.8, 4) is 11.5 Å². The number of benzene rings is 2. The van der Waals surface area contributed by atoms with Crippen molar-refractivity contribution in [1.82, 2.24) is 9.88 Å². The SMILES string of the molecule is COc1ccc(OC)c2sc(N(CCN(C)C)C(=O)Cc3ccc(C)c(C)c3)nc12.Cl. The number of aromatic nitrogens is 1. The molecule has 0 spiro atoms. The predicted octanol–water partition coefficient (Wildman–Crippen LogP) is 4.49. The fourth-order valence-corrected chi connectivity index (χ4v) is 4.32. The number of anilines is 1. The zero-order valence-electron chi connectivity index (χ0n) is 18.9. The molecule has 0 saturated carbocycles. The monoisotopic (exact) mass is 463 g/mol. The van der Waals surface area contributed by atoms with Gasteiger partial charge in [0.2, 0.25) is 5.91 Å². The zero-order valence-corrected chi connectivity index (χ0v) is 20.5. The first-order valence-electron chi connectivity index (χ1n) is 9.86. The van der Waals surface area contributed by atoms with E-state index in [1.54, 1.807) is 19.1 Å². The standard InChI is InChI=1S/C23H29N3O3S.ClH/c1-15-7-8-17(13-16(15)2)14-20(27)26(12-11-25(3)4)23-24-21-18(28-5)9-10-19(29-6)22(21)30-23;/h7-10,13H,11-12,14H2,1-6H3;1H. The van der Waals surface area contributed by atoms with E-state index in [9.17, 15) is 4.79 Å². The average Bonchev–Trinajstić information content (AvgIpc) is 3.15. The summed E-state index contributed by atoms with van der Waals surface area (Å²) in [5, 5.41) is 0.656. The quantitative estimate of drug-likeness (QED) is 0.492. The molecule has 168 valence electrons. The largest absolute Gasteiger partial charge is 0.495 e. The Kier molecular flexibility index (Phi) is 8.68. The highest BCUT2D eigenvalue weighted by molar-refractivity contribution is 7.22. The Balaban J connectivity index is 0.00000341. The molecule has 1 heterocycles. The smallest absolute Gasteiger partial charge is 0.233 e. The van der Waals surface area contributed by atoms with Crippen LogP contribution >= 0.6 is 23.7 Å². The molecule has 0 aliphatic carbocycles. The number of nitrogens with zero attached hydrogens (tertiary/aromatic N) is 3. The first-order valence-corrected chi connectivity index (χ1v) is 10.7. The van der Waals surface area contributed by atoms with Crippen molar-refractivity contribution < 1.29 is 14.3 Å².